The Hall–Kier alpha value is -1.52. The first-order chi connectivity index (χ1) is 7.72. The fourth-order valence-corrected chi connectivity index (χ4v) is 1.66. The van der Waals surface area contributed by atoms with Crippen LogP contribution in [0.15, 0.2) is 17.3 Å². The van der Waals surface area contributed by atoms with Crippen molar-refractivity contribution in [3.63, 3.8) is 0 Å². The Morgan fingerprint density at radius 1 is 1.35 bits per heavy atom. The van der Waals surface area contributed by atoms with Crippen LogP contribution < -0.4 is 0 Å². The van der Waals surface area contributed by atoms with Gasteiger partial charge in [0.15, 0.2) is 0 Å². The second-order valence-corrected chi connectivity index (χ2v) is 5.00. The van der Waals surface area contributed by atoms with Gasteiger partial charge >= 0.3 is 5.97 Å². The van der Waals surface area contributed by atoms with E-state index in [1.807, 2.05) is 34.6 Å². The largest absolute Gasteiger partial charge is 0.466 e. The van der Waals surface area contributed by atoms with Crippen LogP contribution in [-0.2, 0) is 14.4 Å². The van der Waals surface area contributed by atoms with Crippen molar-refractivity contribution in [1.82, 2.24) is 5.06 Å². The van der Waals surface area contributed by atoms with Crippen molar-refractivity contribution in [1.29, 1.82) is 0 Å². The number of carbonyl (C=O) groups is 1. The number of ether oxygens (including phenoxy) is 1. The van der Waals surface area contributed by atoms with Crippen LogP contribution >= 0.6 is 0 Å². The van der Waals surface area contributed by atoms with Crippen LogP contribution in [0.5, 0.6) is 0 Å². The Morgan fingerprint density at radius 2 is 1.94 bits per heavy atom. The van der Waals surface area contributed by atoms with Crippen molar-refractivity contribution in [3.8, 4) is 0 Å². The summed E-state index contributed by atoms with van der Waals surface area (Å²) in [5.74, 6) is 0.338. The molecule has 0 amide bonds. The fraction of sp³-hybridized carbons (Fsp3) is 0.667. The normalized spacial score (nSPS) is 21.5. The van der Waals surface area contributed by atoms with Gasteiger partial charge in [0.05, 0.1) is 24.3 Å². The highest BCUT2D eigenvalue weighted by Gasteiger charge is 2.49. The first-order valence-electron chi connectivity index (χ1n) is 5.50. The average Bonchev–Trinajstić information content (AvgIpc) is 2.36. The van der Waals surface area contributed by atoms with Gasteiger partial charge in [-0.1, -0.05) is 0 Å². The summed E-state index contributed by atoms with van der Waals surface area (Å²) in [7, 11) is 1.32. The first kappa shape index (κ1) is 13.5. The number of nitrogens with zero attached hydrogens (tertiary/aromatic N) is 2. The number of rotatable bonds is 3. The van der Waals surface area contributed by atoms with E-state index in [4.69, 9.17) is 4.84 Å². The second-order valence-electron chi connectivity index (χ2n) is 5.00. The zero-order chi connectivity index (χ0) is 13.3. The van der Waals surface area contributed by atoms with Gasteiger partial charge in [0.25, 0.3) is 0 Å². The van der Waals surface area contributed by atoms with E-state index in [0.717, 1.165) is 5.84 Å². The molecule has 0 aromatic heterocycles. The zero-order valence-corrected chi connectivity index (χ0v) is 11.3. The molecule has 0 aliphatic carbocycles. The van der Waals surface area contributed by atoms with E-state index in [-0.39, 0.29) is 11.1 Å². The van der Waals surface area contributed by atoms with E-state index in [0.29, 0.717) is 0 Å². The quantitative estimate of drug-likeness (QED) is 0.429. The highest BCUT2D eigenvalue weighted by atomic mass is 16.7. The second kappa shape index (κ2) is 4.39. The van der Waals surface area contributed by atoms with Crippen LogP contribution in [0.2, 0.25) is 0 Å². The summed E-state index contributed by atoms with van der Waals surface area (Å²) in [5.41, 5.74) is -0.520. The summed E-state index contributed by atoms with van der Waals surface area (Å²) in [6, 6.07) is 0. The standard InChI is InChI=1S/C12H20N2O3/c1-9-13-11(2,3)12(4,5)14(9)17-8-7-10(15)16-6/h7-8H,1-6H3/b8-7+. The number of aliphatic imine (C=N–C) groups is 1. The molecule has 0 spiro atoms. The van der Waals surface area contributed by atoms with Gasteiger partial charge in [-0.05, 0) is 34.6 Å². The summed E-state index contributed by atoms with van der Waals surface area (Å²) < 4.78 is 4.48. The molecule has 0 saturated carbocycles. The van der Waals surface area contributed by atoms with Crippen LogP contribution in [0.3, 0.4) is 0 Å². The van der Waals surface area contributed by atoms with Crippen molar-refractivity contribution in [2.75, 3.05) is 7.11 Å². The molecule has 0 aromatic rings. The summed E-state index contributed by atoms with van der Waals surface area (Å²) >= 11 is 0. The predicted molar refractivity (Wildman–Crippen MR) is 65.3 cm³/mol. The van der Waals surface area contributed by atoms with Crippen LogP contribution in [0.25, 0.3) is 0 Å². The van der Waals surface area contributed by atoms with Gasteiger partial charge in [-0.15, -0.1) is 0 Å². The third-order valence-corrected chi connectivity index (χ3v) is 3.31. The molecule has 0 N–H and O–H groups in total. The molecular weight excluding hydrogens is 220 g/mol. The molecule has 0 radical (unpaired) electrons. The van der Waals surface area contributed by atoms with E-state index >= 15 is 0 Å². The maximum Gasteiger partial charge on any atom is 0.333 e. The minimum Gasteiger partial charge on any atom is -0.466 e. The lowest BCUT2D eigenvalue weighted by molar-refractivity contribution is -0.136. The van der Waals surface area contributed by atoms with E-state index < -0.39 is 5.97 Å². The molecular formula is C12H20N2O3. The topological polar surface area (TPSA) is 51.1 Å². The predicted octanol–water partition coefficient (Wildman–Crippen LogP) is 1.90. The van der Waals surface area contributed by atoms with Crippen molar-refractivity contribution in [2.24, 2.45) is 4.99 Å². The Bertz CT molecular complexity index is 370. The number of hydroxylamine groups is 2. The molecule has 1 aliphatic rings. The van der Waals surface area contributed by atoms with Gasteiger partial charge in [0.1, 0.15) is 12.1 Å². The maximum absolute atomic E-state index is 10.9. The van der Waals surface area contributed by atoms with Crippen molar-refractivity contribution in [2.45, 2.75) is 45.7 Å². The number of amidine groups is 1. The minimum atomic E-state index is -0.448. The van der Waals surface area contributed by atoms with Gasteiger partial charge in [-0.3, -0.25) is 4.99 Å². The van der Waals surface area contributed by atoms with Gasteiger partial charge < -0.3 is 9.57 Å². The number of hydrogen-bond donors (Lipinski definition) is 0. The third kappa shape index (κ3) is 2.43. The lowest BCUT2D eigenvalue weighted by Gasteiger charge is -2.38. The van der Waals surface area contributed by atoms with E-state index in [2.05, 4.69) is 9.73 Å². The van der Waals surface area contributed by atoms with Crippen molar-refractivity contribution < 1.29 is 14.4 Å². The number of hydrogen-bond acceptors (Lipinski definition) is 5. The van der Waals surface area contributed by atoms with E-state index in [1.165, 1.54) is 19.4 Å². The Labute approximate surface area is 102 Å². The molecule has 0 atom stereocenters. The highest BCUT2D eigenvalue weighted by molar-refractivity contribution is 5.83. The SMILES string of the molecule is COC(=O)/C=C/ON1C(C)=NC(C)(C)C1(C)C. The van der Waals surface area contributed by atoms with Crippen molar-refractivity contribution in [3.05, 3.63) is 12.3 Å². The van der Waals surface area contributed by atoms with E-state index in [9.17, 15) is 4.79 Å². The number of methoxy groups -OCH3 is 1. The first-order valence-corrected chi connectivity index (χ1v) is 5.50. The lowest BCUT2D eigenvalue weighted by atomic mass is 9.84. The van der Waals surface area contributed by atoms with Crippen molar-refractivity contribution >= 4 is 11.8 Å². The molecule has 0 saturated heterocycles. The third-order valence-electron chi connectivity index (χ3n) is 3.31. The van der Waals surface area contributed by atoms with E-state index in [1.54, 1.807) is 5.06 Å². The molecule has 17 heavy (non-hydrogen) atoms. The van der Waals surface area contributed by atoms with Crippen LogP contribution in [0, 0.1) is 0 Å². The molecule has 1 heterocycles. The van der Waals surface area contributed by atoms with Gasteiger partial charge in [-0.2, -0.15) is 5.06 Å². The molecule has 0 unspecified atom stereocenters. The van der Waals surface area contributed by atoms with Crippen LogP contribution in [0.1, 0.15) is 34.6 Å². The highest BCUT2D eigenvalue weighted by Crippen LogP contribution is 2.37. The minimum absolute atomic E-state index is 0.240. The number of carbonyl (C=O) groups excluding carboxylic acids is 1. The van der Waals surface area contributed by atoms with Crippen LogP contribution in [-0.4, -0.2) is 35.1 Å². The summed E-state index contributed by atoms with van der Waals surface area (Å²) in [4.78, 5) is 20.9. The molecule has 5 nitrogen and oxygen atoms in total. The average molecular weight is 240 g/mol. The van der Waals surface area contributed by atoms with Gasteiger partial charge in [0.2, 0.25) is 0 Å². The zero-order valence-electron chi connectivity index (χ0n) is 11.3. The molecule has 0 aromatic carbocycles. The summed E-state index contributed by atoms with van der Waals surface area (Å²) in [5, 5.41) is 1.70. The molecule has 0 fully saturated rings. The smallest absolute Gasteiger partial charge is 0.333 e. The van der Waals surface area contributed by atoms with Gasteiger partial charge in [0, 0.05) is 0 Å². The Kier molecular flexibility index (Phi) is 3.50. The number of esters is 1. The Morgan fingerprint density at radius 3 is 2.35 bits per heavy atom. The molecule has 5 heteroatoms. The molecule has 1 rings (SSSR count). The summed E-state index contributed by atoms with van der Waals surface area (Å²) in [6.45, 7) is 10.0. The summed E-state index contributed by atoms with van der Waals surface area (Å²) in [6.07, 6.45) is 2.54. The Balaban J connectivity index is 2.76. The monoisotopic (exact) mass is 240 g/mol. The molecule has 0 bridgehead atoms. The lowest BCUT2D eigenvalue weighted by Crippen LogP contribution is -2.51. The molecule has 1 aliphatic heterocycles. The fourth-order valence-electron chi connectivity index (χ4n) is 1.66. The molecule has 96 valence electrons. The van der Waals surface area contributed by atoms with Gasteiger partial charge in [-0.25, -0.2) is 4.79 Å². The maximum atomic E-state index is 10.9. The van der Waals surface area contributed by atoms with Crippen LogP contribution in [0.4, 0.5) is 0 Å².